The number of para-hydroxylation sites is 2. The molecule has 2 aromatic carbocycles. The molecule has 0 unspecified atom stereocenters. The molecule has 0 aromatic heterocycles. The lowest BCUT2D eigenvalue weighted by Gasteiger charge is -2.10. The van der Waals surface area contributed by atoms with Gasteiger partial charge in [-0.3, -0.25) is 0 Å². The summed E-state index contributed by atoms with van der Waals surface area (Å²) in [7, 11) is 1.68. The Labute approximate surface area is 124 Å². The molecule has 4 heteroatoms. The van der Waals surface area contributed by atoms with Gasteiger partial charge in [-0.25, -0.2) is 0 Å². The second kappa shape index (κ2) is 7.17. The van der Waals surface area contributed by atoms with Gasteiger partial charge in [-0.2, -0.15) is 0 Å². The molecule has 106 valence electrons. The first-order valence-electron chi connectivity index (χ1n) is 6.51. The number of benzene rings is 2. The molecule has 0 saturated heterocycles. The average molecular weight is 292 g/mol. The van der Waals surface area contributed by atoms with Gasteiger partial charge in [-0.15, -0.1) is 0 Å². The molecule has 0 saturated carbocycles. The van der Waals surface area contributed by atoms with Gasteiger partial charge in [0.15, 0.2) is 0 Å². The molecule has 2 rings (SSSR count). The highest BCUT2D eigenvalue weighted by molar-refractivity contribution is 6.32. The van der Waals surface area contributed by atoms with Crippen molar-refractivity contribution >= 4 is 11.6 Å². The SMILES string of the molecule is COc1ccccc1CCNCc1cccc(Cl)c1O. The molecule has 0 bridgehead atoms. The second-order valence-electron chi connectivity index (χ2n) is 4.49. The molecule has 0 aliphatic heterocycles. The standard InChI is InChI=1S/C16H18ClNO2/c1-20-15-8-3-2-5-12(15)9-10-18-11-13-6-4-7-14(17)16(13)19/h2-8,18-19H,9-11H2,1H3. The summed E-state index contributed by atoms with van der Waals surface area (Å²) in [5.74, 6) is 1.05. The summed E-state index contributed by atoms with van der Waals surface area (Å²) in [6.45, 7) is 1.38. The molecule has 0 amide bonds. The van der Waals surface area contributed by atoms with Gasteiger partial charge in [0.1, 0.15) is 11.5 Å². The summed E-state index contributed by atoms with van der Waals surface area (Å²) in [4.78, 5) is 0. The third kappa shape index (κ3) is 3.65. The minimum atomic E-state index is 0.152. The Bertz CT molecular complexity index is 572. The lowest BCUT2D eigenvalue weighted by Crippen LogP contribution is -2.17. The average Bonchev–Trinajstić information content (AvgIpc) is 2.48. The molecule has 0 atom stereocenters. The molecule has 0 fully saturated rings. The fraction of sp³-hybridized carbons (Fsp3) is 0.250. The van der Waals surface area contributed by atoms with E-state index < -0.39 is 0 Å². The highest BCUT2D eigenvalue weighted by atomic mass is 35.5. The van der Waals surface area contributed by atoms with Crippen molar-refractivity contribution in [2.45, 2.75) is 13.0 Å². The van der Waals surface area contributed by atoms with Gasteiger partial charge in [-0.1, -0.05) is 41.9 Å². The molecule has 0 heterocycles. The number of hydrogen-bond acceptors (Lipinski definition) is 3. The number of nitrogens with one attached hydrogen (secondary N) is 1. The Kier molecular flexibility index (Phi) is 5.27. The number of ether oxygens (including phenoxy) is 1. The van der Waals surface area contributed by atoms with Crippen LogP contribution in [0.4, 0.5) is 0 Å². The molecule has 0 radical (unpaired) electrons. The fourth-order valence-corrected chi connectivity index (χ4v) is 2.25. The number of halogens is 1. The van der Waals surface area contributed by atoms with E-state index in [1.54, 1.807) is 13.2 Å². The number of hydrogen-bond donors (Lipinski definition) is 2. The van der Waals surface area contributed by atoms with E-state index >= 15 is 0 Å². The van der Waals surface area contributed by atoms with Crippen LogP contribution in [0.25, 0.3) is 0 Å². The Hall–Kier alpha value is -1.71. The zero-order valence-electron chi connectivity index (χ0n) is 11.4. The molecule has 0 aliphatic rings. The van der Waals surface area contributed by atoms with Gasteiger partial charge < -0.3 is 15.2 Å². The molecule has 20 heavy (non-hydrogen) atoms. The summed E-state index contributed by atoms with van der Waals surface area (Å²) < 4.78 is 5.31. The predicted molar refractivity (Wildman–Crippen MR) is 81.5 cm³/mol. The number of methoxy groups -OCH3 is 1. The topological polar surface area (TPSA) is 41.5 Å². The van der Waals surface area contributed by atoms with Crippen LogP contribution in [-0.4, -0.2) is 18.8 Å². The van der Waals surface area contributed by atoms with Crippen LogP contribution in [0, 0.1) is 0 Å². The van der Waals surface area contributed by atoms with Crippen LogP contribution in [0.15, 0.2) is 42.5 Å². The van der Waals surface area contributed by atoms with E-state index in [0.717, 1.165) is 29.8 Å². The van der Waals surface area contributed by atoms with Crippen molar-refractivity contribution in [2.24, 2.45) is 0 Å². The Morgan fingerprint density at radius 1 is 1.10 bits per heavy atom. The molecule has 2 N–H and O–H groups in total. The third-order valence-electron chi connectivity index (χ3n) is 3.15. The van der Waals surface area contributed by atoms with Crippen molar-refractivity contribution in [1.82, 2.24) is 5.32 Å². The molecule has 2 aromatic rings. The van der Waals surface area contributed by atoms with Crippen LogP contribution < -0.4 is 10.1 Å². The first-order chi connectivity index (χ1) is 9.72. The van der Waals surface area contributed by atoms with E-state index in [1.807, 2.05) is 30.3 Å². The van der Waals surface area contributed by atoms with Crippen LogP contribution in [0.5, 0.6) is 11.5 Å². The van der Waals surface area contributed by atoms with Gasteiger partial charge in [0.2, 0.25) is 0 Å². The first-order valence-corrected chi connectivity index (χ1v) is 6.89. The Morgan fingerprint density at radius 2 is 1.85 bits per heavy atom. The fourth-order valence-electron chi connectivity index (χ4n) is 2.06. The van der Waals surface area contributed by atoms with E-state index in [1.165, 1.54) is 0 Å². The van der Waals surface area contributed by atoms with Crippen LogP contribution >= 0.6 is 11.6 Å². The Morgan fingerprint density at radius 3 is 2.65 bits per heavy atom. The molecule has 3 nitrogen and oxygen atoms in total. The van der Waals surface area contributed by atoms with E-state index in [9.17, 15) is 5.11 Å². The van der Waals surface area contributed by atoms with E-state index in [-0.39, 0.29) is 5.75 Å². The van der Waals surface area contributed by atoms with Crippen LogP contribution in [0.2, 0.25) is 5.02 Å². The maximum absolute atomic E-state index is 9.80. The lowest BCUT2D eigenvalue weighted by atomic mass is 10.1. The number of phenols is 1. The Balaban J connectivity index is 1.86. The van der Waals surface area contributed by atoms with Crippen LogP contribution in [0.1, 0.15) is 11.1 Å². The summed E-state index contributed by atoms with van der Waals surface area (Å²) >= 11 is 5.87. The van der Waals surface area contributed by atoms with Crippen LogP contribution in [-0.2, 0) is 13.0 Å². The number of phenolic OH excluding ortho intramolecular Hbond substituents is 1. The zero-order chi connectivity index (χ0) is 14.4. The lowest BCUT2D eigenvalue weighted by molar-refractivity contribution is 0.409. The highest BCUT2D eigenvalue weighted by Gasteiger charge is 2.05. The van der Waals surface area contributed by atoms with E-state index in [4.69, 9.17) is 16.3 Å². The quantitative estimate of drug-likeness (QED) is 0.802. The summed E-state index contributed by atoms with van der Waals surface area (Å²) in [6, 6.07) is 13.3. The van der Waals surface area contributed by atoms with Crippen molar-refractivity contribution < 1.29 is 9.84 Å². The van der Waals surface area contributed by atoms with Crippen LogP contribution in [0.3, 0.4) is 0 Å². The smallest absolute Gasteiger partial charge is 0.138 e. The predicted octanol–water partition coefficient (Wildman–Crippen LogP) is 3.39. The van der Waals surface area contributed by atoms with E-state index in [0.29, 0.717) is 11.6 Å². The number of aromatic hydroxyl groups is 1. The van der Waals surface area contributed by atoms with E-state index in [2.05, 4.69) is 11.4 Å². The summed E-state index contributed by atoms with van der Waals surface area (Å²) in [5, 5.41) is 13.5. The van der Waals surface area contributed by atoms with Crippen molar-refractivity contribution in [3.63, 3.8) is 0 Å². The summed E-state index contributed by atoms with van der Waals surface area (Å²) in [6.07, 6.45) is 0.866. The largest absolute Gasteiger partial charge is 0.506 e. The van der Waals surface area contributed by atoms with Gasteiger partial charge in [0, 0.05) is 12.1 Å². The minimum Gasteiger partial charge on any atom is -0.506 e. The minimum absolute atomic E-state index is 0.152. The highest BCUT2D eigenvalue weighted by Crippen LogP contribution is 2.26. The monoisotopic (exact) mass is 291 g/mol. The second-order valence-corrected chi connectivity index (χ2v) is 4.89. The molecule has 0 spiro atoms. The number of rotatable bonds is 6. The van der Waals surface area contributed by atoms with Crippen molar-refractivity contribution in [3.8, 4) is 11.5 Å². The maximum Gasteiger partial charge on any atom is 0.138 e. The van der Waals surface area contributed by atoms with Gasteiger partial charge in [0.05, 0.1) is 12.1 Å². The third-order valence-corrected chi connectivity index (χ3v) is 3.45. The molecular weight excluding hydrogens is 274 g/mol. The first kappa shape index (κ1) is 14.7. The molecule has 0 aliphatic carbocycles. The van der Waals surface area contributed by atoms with Gasteiger partial charge >= 0.3 is 0 Å². The summed E-state index contributed by atoms with van der Waals surface area (Å²) in [5.41, 5.74) is 1.97. The van der Waals surface area contributed by atoms with Crippen molar-refractivity contribution in [3.05, 3.63) is 58.6 Å². The normalized spacial score (nSPS) is 10.5. The molecular formula is C16H18ClNO2. The van der Waals surface area contributed by atoms with Gasteiger partial charge in [-0.05, 0) is 30.7 Å². The van der Waals surface area contributed by atoms with Crippen molar-refractivity contribution in [2.75, 3.05) is 13.7 Å². The maximum atomic E-state index is 9.80. The van der Waals surface area contributed by atoms with Gasteiger partial charge in [0.25, 0.3) is 0 Å². The van der Waals surface area contributed by atoms with Crippen molar-refractivity contribution in [1.29, 1.82) is 0 Å². The zero-order valence-corrected chi connectivity index (χ0v) is 12.2.